The summed E-state index contributed by atoms with van der Waals surface area (Å²) in [5.41, 5.74) is 8.97. The summed E-state index contributed by atoms with van der Waals surface area (Å²) in [5, 5.41) is 0. The van der Waals surface area contributed by atoms with E-state index in [1.54, 1.807) is 25.4 Å². The molecule has 2 aromatic rings. The van der Waals surface area contributed by atoms with Gasteiger partial charge in [0.2, 0.25) is 0 Å². The van der Waals surface area contributed by atoms with Gasteiger partial charge in [0.15, 0.2) is 5.78 Å². The number of aromatic nitrogens is 1. The van der Waals surface area contributed by atoms with Crippen molar-refractivity contribution in [3.8, 4) is 11.1 Å². The van der Waals surface area contributed by atoms with Crippen LogP contribution in [0.2, 0.25) is 0 Å². The number of ketones is 1. The number of nitrogens with zero attached hydrogens (tertiary/aromatic N) is 1. The van der Waals surface area contributed by atoms with E-state index in [0.29, 0.717) is 11.3 Å². The van der Waals surface area contributed by atoms with Crippen molar-refractivity contribution in [3.63, 3.8) is 0 Å². The maximum atomic E-state index is 11.3. The molecule has 0 saturated carbocycles. The van der Waals surface area contributed by atoms with Gasteiger partial charge in [-0.3, -0.25) is 9.78 Å². The molecule has 0 fully saturated rings. The van der Waals surface area contributed by atoms with E-state index >= 15 is 0 Å². The molecule has 0 aliphatic heterocycles. The van der Waals surface area contributed by atoms with Gasteiger partial charge in [-0.05, 0) is 24.6 Å². The van der Waals surface area contributed by atoms with Crippen molar-refractivity contribution in [3.05, 3.63) is 48.3 Å². The number of benzene rings is 1. The van der Waals surface area contributed by atoms with Crippen LogP contribution in [0.25, 0.3) is 11.1 Å². The molecule has 3 nitrogen and oxygen atoms in total. The number of hydrogen-bond acceptors (Lipinski definition) is 3. The molecule has 0 aliphatic rings. The molecular weight excluding hydrogens is 200 g/mol. The number of carbonyl (C=O) groups is 1. The molecule has 0 spiro atoms. The molecular formula is C13H12N2O. The van der Waals surface area contributed by atoms with Gasteiger partial charge in [0.05, 0.1) is 11.9 Å². The van der Waals surface area contributed by atoms with Crippen molar-refractivity contribution in [1.29, 1.82) is 0 Å². The van der Waals surface area contributed by atoms with Gasteiger partial charge in [-0.1, -0.05) is 18.2 Å². The first-order valence-electron chi connectivity index (χ1n) is 4.99. The summed E-state index contributed by atoms with van der Waals surface area (Å²) in [6.07, 6.45) is 3.29. The smallest absolute Gasteiger partial charge is 0.159 e. The lowest BCUT2D eigenvalue weighted by atomic mass is 10.0. The number of rotatable bonds is 2. The Bertz CT molecular complexity index is 535. The Labute approximate surface area is 93.9 Å². The van der Waals surface area contributed by atoms with Gasteiger partial charge in [-0.2, -0.15) is 0 Å². The first-order chi connectivity index (χ1) is 7.68. The van der Waals surface area contributed by atoms with Crippen LogP contribution in [0, 0.1) is 0 Å². The largest absolute Gasteiger partial charge is 0.397 e. The molecule has 0 radical (unpaired) electrons. The summed E-state index contributed by atoms with van der Waals surface area (Å²) < 4.78 is 0. The standard InChI is InChI=1S/C13H12N2O/c1-9(16)10-3-2-4-11(7-10)12-5-6-15-8-13(12)14/h2-8H,14H2,1H3. The number of hydrogen-bond donors (Lipinski definition) is 1. The number of carbonyl (C=O) groups excluding carboxylic acids is 1. The summed E-state index contributed by atoms with van der Waals surface area (Å²) >= 11 is 0. The molecule has 2 rings (SSSR count). The van der Waals surface area contributed by atoms with E-state index in [0.717, 1.165) is 11.1 Å². The Morgan fingerprint density at radius 1 is 1.31 bits per heavy atom. The van der Waals surface area contributed by atoms with Crippen LogP contribution in [-0.2, 0) is 0 Å². The van der Waals surface area contributed by atoms with Crippen LogP contribution in [0.5, 0.6) is 0 Å². The second kappa shape index (κ2) is 4.14. The van der Waals surface area contributed by atoms with E-state index in [1.165, 1.54) is 0 Å². The molecule has 0 unspecified atom stereocenters. The minimum Gasteiger partial charge on any atom is -0.397 e. The summed E-state index contributed by atoms with van der Waals surface area (Å²) in [6, 6.07) is 9.26. The maximum Gasteiger partial charge on any atom is 0.159 e. The van der Waals surface area contributed by atoms with E-state index in [2.05, 4.69) is 4.98 Å². The predicted molar refractivity (Wildman–Crippen MR) is 64.1 cm³/mol. The molecule has 1 aromatic carbocycles. The van der Waals surface area contributed by atoms with E-state index in [-0.39, 0.29) is 5.78 Å². The van der Waals surface area contributed by atoms with Crippen molar-refractivity contribution in [1.82, 2.24) is 4.98 Å². The first-order valence-corrected chi connectivity index (χ1v) is 4.99. The predicted octanol–water partition coefficient (Wildman–Crippen LogP) is 2.53. The van der Waals surface area contributed by atoms with E-state index in [4.69, 9.17) is 5.73 Å². The third-order valence-corrected chi connectivity index (χ3v) is 2.43. The number of nitrogens with two attached hydrogens (primary N) is 1. The van der Waals surface area contributed by atoms with Gasteiger partial charge in [-0.15, -0.1) is 0 Å². The Hall–Kier alpha value is -2.16. The fourth-order valence-electron chi connectivity index (χ4n) is 1.58. The molecule has 2 N–H and O–H groups in total. The third-order valence-electron chi connectivity index (χ3n) is 2.43. The summed E-state index contributed by atoms with van der Waals surface area (Å²) in [7, 11) is 0. The summed E-state index contributed by atoms with van der Waals surface area (Å²) in [5.74, 6) is 0.0504. The van der Waals surface area contributed by atoms with Crippen molar-refractivity contribution in [2.75, 3.05) is 5.73 Å². The van der Waals surface area contributed by atoms with Gasteiger partial charge in [0.25, 0.3) is 0 Å². The normalized spacial score (nSPS) is 10.1. The quantitative estimate of drug-likeness (QED) is 0.778. The average molecular weight is 212 g/mol. The molecule has 0 atom stereocenters. The Morgan fingerprint density at radius 3 is 2.81 bits per heavy atom. The monoisotopic (exact) mass is 212 g/mol. The molecule has 0 bridgehead atoms. The third kappa shape index (κ3) is 1.93. The van der Waals surface area contributed by atoms with Crippen LogP contribution >= 0.6 is 0 Å². The fourth-order valence-corrected chi connectivity index (χ4v) is 1.58. The number of Topliss-reactive ketones (excluding diaryl/α,β-unsaturated/α-hetero) is 1. The Balaban J connectivity index is 2.53. The number of pyridine rings is 1. The van der Waals surface area contributed by atoms with Crippen LogP contribution in [0.3, 0.4) is 0 Å². The zero-order valence-corrected chi connectivity index (χ0v) is 8.97. The zero-order valence-electron chi connectivity index (χ0n) is 8.97. The molecule has 0 saturated heterocycles. The van der Waals surface area contributed by atoms with Crippen LogP contribution in [0.4, 0.5) is 5.69 Å². The topological polar surface area (TPSA) is 56.0 Å². The minimum absolute atomic E-state index is 0.0504. The minimum atomic E-state index is 0.0504. The molecule has 3 heteroatoms. The van der Waals surface area contributed by atoms with Gasteiger partial charge in [0.1, 0.15) is 0 Å². The van der Waals surface area contributed by atoms with Crippen molar-refractivity contribution < 1.29 is 4.79 Å². The SMILES string of the molecule is CC(=O)c1cccc(-c2ccncc2N)c1. The summed E-state index contributed by atoms with van der Waals surface area (Å²) in [6.45, 7) is 1.55. The highest BCUT2D eigenvalue weighted by Gasteiger charge is 2.04. The molecule has 1 heterocycles. The number of anilines is 1. The van der Waals surface area contributed by atoms with Gasteiger partial charge in [0, 0.05) is 17.3 Å². The van der Waals surface area contributed by atoms with Gasteiger partial charge >= 0.3 is 0 Å². The van der Waals surface area contributed by atoms with Crippen molar-refractivity contribution in [2.24, 2.45) is 0 Å². The lowest BCUT2D eigenvalue weighted by molar-refractivity contribution is 0.101. The van der Waals surface area contributed by atoms with Crippen LogP contribution in [0.15, 0.2) is 42.7 Å². The first kappa shape index (κ1) is 10.4. The second-order valence-electron chi connectivity index (χ2n) is 3.60. The van der Waals surface area contributed by atoms with Crippen LogP contribution < -0.4 is 5.73 Å². The van der Waals surface area contributed by atoms with E-state index < -0.39 is 0 Å². The van der Waals surface area contributed by atoms with Gasteiger partial charge in [-0.25, -0.2) is 0 Å². The summed E-state index contributed by atoms with van der Waals surface area (Å²) in [4.78, 5) is 15.2. The fraction of sp³-hybridized carbons (Fsp3) is 0.0769. The highest BCUT2D eigenvalue weighted by Crippen LogP contribution is 2.25. The van der Waals surface area contributed by atoms with Crippen molar-refractivity contribution >= 4 is 11.5 Å². The van der Waals surface area contributed by atoms with Gasteiger partial charge < -0.3 is 5.73 Å². The van der Waals surface area contributed by atoms with E-state index in [9.17, 15) is 4.79 Å². The highest BCUT2D eigenvalue weighted by atomic mass is 16.1. The molecule has 0 aliphatic carbocycles. The van der Waals surface area contributed by atoms with Crippen molar-refractivity contribution in [2.45, 2.75) is 6.92 Å². The number of nitrogen functional groups attached to an aromatic ring is 1. The second-order valence-corrected chi connectivity index (χ2v) is 3.60. The highest BCUT2D eigenvalue weighted by molar-refractivity contribution is 5.95. The zero-order chi connectivity index (χ0) is 11.5. The Morgan fingerprint density at radius 2 is 2.12 bits per heavy atom. The van der Waals surface area contributed by atoms with Crippen LogP contribution in [0.1, 0.15) is 17.3 Å². The Kier molecular flexibility index (Phi) is 2.68. The maximum absolute atomic E-state index is 11.3. The van der Waals surface area contributed by atoms with E-state index in [1.807, 2.05) is 24.3 Å². The van der Waals surface area contributed by atoms with Crippen LogP contribution in [-0.4, -0.2) is 10.8 Å². The lowest BCUT2D eigenvalue weighted by Gasteiger charge is -2.05. The molecule has 16 heavy (non-hydrogen) atoms. The molecule has 80 valence electrons. The molecule has 1 aromatic heterocycles. The lowest BCUT2D eigenvalue weighted by Crippen LogP contribution is -1.94. The average Bonchev–Trinajstić information content (AvgIpc) is 2.30. The molecule has 0 amide bonds.